The molecule has 34 heavy (non-hydrogen) atoms. The molecule has 7 nitrogen and oxygen atoms in total. The third-order valence-corrected chi connectivity index (χ3v) is 5.20. The third-order valence-electron chi connectivity index (χ3n) is 5.20. The van der Waals surface area contributed by atoms with E-state index in [-0.39, 0.29) is 12.0 Å². The number of fused-ring (bicyclic) bond motifs is 1. The molecule has 1 atom stereocenters. The maximum atomic E-state index is 13.2. The minimum absolute atomic E-state index is 0.135. The normalized spacial score (nSPS) is 11.6. The third kappa shape index (κ3) is 5.66. The fourth-order valence-corrected chi connectivity index (χ4v) is 3.51. The summed E-state index contributed by atoms with van der Waals surface area (Å²) in [6.45, 7) is -0.509. The van der Waals surface area contributed by atoms with Gasteiger partial charge in [0.1, 0.15) is 11.9 Å². The quantitative estimate of drug-likeness (QED) is 0.349. The number of nitrogens with one attached hydrogen (secondary N) is 3. The summed E-state index contributed by atoms with van der Waals surface area (Å²) in [5, 5.41) is 6.18. The monoisotopic (exact) mass is 459 g/mol. The van der Waals surface area contributed by atoms with Crippen LogP contribution in [0.25, 0.3) is 10.9 Å². The number of hydrogen-bond donors (Lipinski definition) is 3. The molecule has 0 saturated heterocycles. The number of rotatable bonds is 8. The standard InChI is InChI=1S/C26H22FN3O4/c27-19-12-10-17(11-13-19)25(32)30-23(14-18-15-28-22-9-5-4-8-21(18)22)26(33)34-16-24(31)29-20-6-2-1-3-7-20/h1-13,15,23,28H,14,16H2,(H,29,31)(H,30,32)/t23-/m0/s1. The van der Waals surface area contributed by atoms with Gasteiger partial charge in [0, 0.05) is 34.8 Å². The van der Waals surface area contributed by atoms with Crippen LogP contribution in [0.15, 0.2) is 85.1 Å². The average Bonchev–Trinajstić information content (AvgIpc) is 3.26. The van der Waals surface area contributed by atoms with Crippen molar-refractivity contribution in [1.29, 1.82) is 0 Å². The van der Waals surface area contributed by atoms with Gasteiger partial charge in [-0.15, -0.1) is 0 Å². The van der Waals surface area contributed by atoms with Gasteiger partial charge in [0.05, 0.1) is 0 Å². The van der Waals surface area contributed by atoms with Gasteiger partial charge in [0.25, 0.3) is 11.8 Å². The molecule has 4 rings (SSSR count). The zero-order valence-electron chi connectivity index (χ0n) is 18.1. The first-order valence-corrected chi connectivity index (χ1v) is 10.6. The van der Waals surface area contributed by atoms with Gasteiger partial charge < -0.3 is 20.4 Å². The van der Waals surface area contributed by atoms with Crippen LogP contribution in [-0.2, 0) is 20.7 Å². The first-order chi connectivity index (χ1) is 16.5. The van der Waals surface area contributed by atoms with Gasteiger partial charge in [0.2, 0.25) is 0 Å². The molecule has 0 aliphatic rings. The SMILES string of the molecule is O=C(COC(=O)[C@H](Cc1c[nH]c2ccccc12)NC(=O)c1ccc(F)cc1)Nc1ccccc1. The molecule has 0 radical (unpaired) electrons. The Labute approximate surface area is 194 Å². The Hall–Kier alpha value is -4.46. The minimum atomic E-state index is -1.07. The lowest BCUT2D eigenvalue weighted by molar-refractivity contribution is -0.149. The molecule has 1 aromatic heterocycles. The highest BCUT2D eigenvalue weighted by Gasteiger charge is 2.25. The second kappa shape index (κ2) is 10.4. The van der Waals surface area contributed by atoms with E-state index in [1.807, 2.05) is 30.3 Å². The number of esters is 1. The average molecular weight is 459 g/mol. The molecule has 0 bridgehead atoms. The Bertz CT molecular complexity index is 1300. The molecule has 3 aromatic carbocycles. The van der Waals surface area contributed by atoms with Crippen LogP contribution in [-0.4, -0.2) is 35.4 Å². The number of para-hydroxylation sites is 2. The van der Waals surface area contributed by atoms with E-state index < -0.39 is 36.2 Å². The van der Waals surface area contributed by atoms with E-state index in [1.54, 1.807) is 30.5 Å². The largest absolute Gasteiger partial charge is 0.454 e. The van der Waals surface area contributed by atoms with Gasteiger partial charge in [-0.1, -0.05) is 36.4 Å². The maximum Gasteiger partial charge on any atom is 0.329 e. The fourth-order valence-electron chi connectivity index (χ4n) is 3.51. The van der Waals surface area contributed by atoms with Crippen LogP contribution >= 0.6 is 0 Å². The summed E-state index contributed by atoms with van der Waals surface area (Å²) in [5.41, 5.74) is 2.45. The Morgan fingerprint density at radius 2 is 1.62 bits per heavy atom. The van der Waals surface area contributed by atoms with Gasteiger partial charge in [-0.05, 0) is 48.0 Å². The van der Waals surface area contributed by atoms with E-state index in [2.05, 4.69) is 15.6 Å². The van der Waals surface area contributed by atoms with Gasteiger partial charge >= 0.3 is 5.97 Å². The number of benzene rings is 3. The Morgan fingerprint density at radius 1 is 0.912 bits per heavy atom. The zero-order valence-corrected chi connectivity index (χ0v) is 18.1. The topological polar surface area (TPSA) is 100 Å². The summed E-state index contributed by atoms with van der Waals surface area (Å²) in [6, 6.07) is 20.2. The van der Waals surface area contributed by atoms with Crippen LogP contribution in [0.5, 0.6) is 0 Å². The Kier molecular flexibility index (Phi) is 6.98. The van der Waals surface area contributed by atoms with Crippen molar-refractivity contribution in [2.24, 2.45) is 0 Å². The summed E-state index contributed by atoms with van der Waals surface area (Å²) >= 11 is 0. The summed E-state index contributed by atoms with van der Waals surface area (Å²) < 4.78 is 18.4. The number of ether oxygens (including phenoxy) is 1. The molecule has 3 N–H and O–H groups in total. The lowest BCUT2D eigenvalue weighted by Gasteiger charge is -2.18. The number of carbonyl (C=O) groups is 3. The lowest BCUT2D eigenvalue weighted by atomic mass is 10.0. The first-order valence-electron chi connectivity index (χ1n) is 10.6. The molecule has 4 aromatic rings. The van der Waals surface area contributed by atoms with Gasteiger partial charge in [0.15, 0.2) is 6.61 Å². The van der Waals surface area contributed by atoms with Crippen LogP contribution in [0.2, 0.25) is 0 Å². The number of carbonyl (C=O) groups excluding carboxylic acids is 3. The van der Waals surface area contributed by atoms with Crippen molar-refractivity contribution in [2.45, 2.75) is 12.5 Å². The fraction of sp³-hybridized carbons (Fsp3) is 0.115. The molecule has 172 valence electrons. The molecular weight excluding hydrogens is 437 g/mol. The van der Waals surface area contributed by atoms with Crippen LogP contribution in [0, 0.1) is 5.82 Å². The number of amides is 2. The van der Waals surface area contributed by atoms with Crippen molar-refractivity contribution in [3.63, 3.8) is 0 Å². The molecule has 0 aliphatic carbocycles. The van der Waals surface area contributed by atoms with E-state index in [1.165, 1.54) is 12.1 Å². The number of H-pyrrole nitrogens is 1. The van der Waals surface area contributed by atoms with Crippen LogP contribution in [0.1, 0.15) is 15.9 Å². The Morgan fingerprint density at radius 3 is 2.38 bits per heavy atom. The van der Waals surface area contributed by atoms with Crippen molar-refractivity contribution in [2.75, 3.05) is 11.9 Å². The van der Waals surface area contributed by atoms with E-state index in [4.69, 9.17) is 4.74 Å². The minimum Gasteiger partial charge on any atom is -0.454 e. The molecule has 2 amide bonds. The molecule has 8 heteroatoms. The van der Waals surface area contributed by atoms with E-state index >= 15 is 0 Å². The highest BCUT2D eigenvalue weighted by molar-refractivity contribution is 5.98. The predicted molar refractivity (Wildman–Crippen MR) is 126 cm³/mol. The second-order valence-corrected chi connectivity index (χ2v) is 7.62. The van der Waals surface area contributed by atoms with Gasteiger partial charge in [-0.3, -0.25) is 9.59 Å². The van der Waals surface area contributed by atoms with Crippen molar-refractivity contribution in [1.82, 2.24) is 10.3 Å². The predicted octanol–water partition coefficient (Wildman–Crippen LogP) is 3.83. The number of hydrogen-bond acceptors (Lipinski definition) is 4. The number of aromatic amines is 1. The van der Waals surface area contributed by atoms with Crippen LogP contribution < -0.4 is 10.6 Å². The van der Waals surface area contributed by atoms with Gasteiger partial charge in [-0.2, -0.15) is 0 Å². The van der Waals surface area contributed by atoms with E-state index in [9.17, 15) is 18.8 Å². The first kappa shape index (κ1) is 22.7. The van der Waals surface area contributed by atoms with Crippen molar-refractivity contribution in [3.8, 4) is 0 Å². The summed E-state index contributed by atoms with van der Waals surface area (Å²) in [4.78, 5) is 40.9. The van der Waals surface area contributed by atoms with E-state index in [0.717, 1.165) is 28.6 Å². The molecule has 0 spiro atoms. The van der Waals surface area contributed by atoms with Crippen molar-refractivity contribution < 1.29 is 23.5 Å². The summed E-state index contributed by atoms with van der Waals surface area (Å²) in [5.74, 6) is -2.30. The number of anilines is 1. The molecule has 0 fully saturated rings. The number of halogens is 1. The van der Waals surface area contributed by atoms with Crippen molar-refractivity contribution >= 4 is 34.4 Å². The maximum absolute atomic E-state index is 13.2. The highest BCUT2D eigenvalue weighted by atomic mass is 19.1. The molecule has 0 aliphatic heterocycles. The smallest absolute Gasteiger partial charge is 0.329 e. The second-order valence-electron chi connectivity index (χ2n) is 7.62. The van der Waals surface area contributed by atoms with E-state index in [0.29, 0.717) is 5.69 Å². The van der Waals surface area contributed by atoms with Gasteiger partial charge in [-0.25, -0.2) is 9.18 Å². The summed E-state index contributed by atoms with van der Waals surface area (Å²) in [6.07, 6.45) is 1.90. The Balaban J connectivity index is 1.47. The molecule has 0 saturated carbocycles. The molecule has 1 heterocycles. The van der Waals surface area contributed by atoms with Crippen molar-refractivity contribution in [3.05, 3.63) is 102 Å². The zero-order chi connectivity index (χ0) is 23.9. The van der Waals surface area contributed by atoms with Crippen LogP contribution in [0.4, 0.5) is 10.1 Å². The number of aromatic nitrogens is 1. The molecular formula is C26H22FN3O4. The summed E-state index contributed by atoms with van der Waals surface area (Å²) in [7, 11) is 0. The van der Waals surface area contributed by atoms with Crippen LogP contribution in [0.3, 0.4) is 0 Å². The lowest BCUT2D eigenvalue weighted by Crippen LogP contribution is -2.44. The molecule has 0 unspecified atom stereocenters. The highest BCUT2D eigenvalue weighted by Crippen LogP contribution is 2.20.